The Kier molecular flexibility index (Phi) is 6.41. The van der Waals surface area contributed by atoms with Crippen LogP contribution in [0.25, 0.3) is 0 Å². The molecule has 3 fully saturated rings. The average Bonchev–Trinajstić information content (AvgIpc) is 2.56. The number of aromatic nitrogens is 1. The molecule has 3 unspecified atom stereocenters. The number of amides is 1. The van der Waals surface area contributed by atoms with Crippen LogP contribution in [0.5, 0.6) is 0 Å². The number of rotatable bonds is 5. The minimum Gasteiger partial charge on any atom is -0.369 e. The number of pyridine rings is 1. The summed E-state index contributed by atoms with van der Waals surface area (Å²) in [7, 11) is -2.76. The first-order chi connectivity index (χ1) is 12.5. The first-order valence-electron chi connectivity index (χ1n) is 9.40. The number of carbonyl (C=O) groups is 1. The van der Waals surface area contributed by atoms with Gasteiger partial charge >= 0.3 is 8.80 Å². The summed E-state index contributed by atoms with van der Waals surface area (Å²) in [5.41, 5.74) is 0.618. The molecule has 8 heteroatoms. The summed E-state index contributed by atoms with van der Waals surface area (Å²) in [6, 6.07) is 4.12. The van der Waals surface area contributed by atoms with Gasteiger partial charge < -0.3 is 18.6 Å². The number of nitrogens with one attached hydrogen (secondary N) is 1. The molecule has 3 aliphatic rings. The van der Waals surface area contributed by atoms with Gasteiger partial charge in [-0.2, -0.15) is 0 Å². The van der Waals surface area contributed by atoms with Gasteiger partial charge in [0.15, 0.2) is 0 Å². The molecule has 4 rings (SSSR count). The van der Waals surface area contributed by atoms with E-state index in [-0.39, 0.29) is 24.2 Å². The number of hydrogen-bond donors (Lipinski definition) is 1. The molecule has 0 aliphatic carbocycles. The second kappa shape index (κ2) is 8.58. The van der Waals surface area contributed by atoms with E-state index in [1.165, 1.54) is 0 Å². The van der Waals surface area contributed by atoms with Crippen molar-refractivity contribution in [1.29, 1.82) is 0 Å². The Morgan fingerprint density at radius 3 is 2.19 bits per heavy atom. The molecule has 144 valence electrons. The molecule has 3 atom stereocenters. The third-order valence-electron chi connectivity index (χ3n) is 4.58. The van der Waals surface area contributed by atoms with E-state index < -0.39 is 8.80 Å². The molecule has 3 saturated heterocycles. The molecule has 0 spiro atoms. The molecule has 7 nitrogen and oxygen atoms in total. The van der Waals surface area contributed by atoms with E-state index in [0.717, 1.165) is 26.1 Å². The number of fused-ring (bicyclic) bond motifs is 6. The summed E-state index contributed by atoms with van der Waals surface area (Å²) in [5, 5.41) is 2.95. The van der Waals surface area contributed by atoms with Gasteiger partial charge in [-0.1, -0.05) is 0 Å². The lowest BCUT2D eigenvalue weighted by atomic mass is 10.2. The van der Waals surface area contributed by atoms with Crippen LogP contribution in [-0.4, -0.2) is 69.1 Å². The predicted molar refractivity (Wildman–Crippen MR) is 99.8 cm³/mol. The van der Waals surface area contributed by atoms with E-state index in [9.17, 15) is 4.79 Å². The standard InChI is InChI=1S/C18H29N3O4Si/c1-14-11-21-12-15(2)24-26(23-14,25-16(3)13-21)10-4-7-20-18(22)17-5-8-19-9-6-17/h5-6,8-9,14-16H,4,7,10-13H2,1-3H3,(H,20,22). The quantitative estimate of drug-likeness (QED) is 0.620. The number of hydrogen-bond acceptors (Lipinski definition) is 6. The fraction of sp³-hybridized carbons (Fsp3) is 0.667. The van der Waals surface area contributed by atoms with Gasteiger partial charge in [-0.25, -0.2) is 0 Å². The van der Waals surface area contributed by atoms with Crippen molar-refractivity contribution in [2.75, 3.05) is 26.2 Å². The van der Waals surface area contributed by atoms with Crippen LogP contribution in [0.4, 0.5) is 0 Å². The maximum atomic E-state index is 12.1. The van der Waals surface area contributed by atoms with Crippen molar-refractivity contribution in [3.63, 3.8) is 0 Å². The Morgan fingerprint density at radius 1 is 1.12 bits per heavy atom. The zero-order chi connectivity index (χ0) is 18.6. The molecule has 2 bridgehead atoms. The first-order valence-corrected chi connectivity index (χ1v) is 11.3. The zero-order valence-corrected chi connectivity index (χ0v) is 16.8. The van der Waals surface area contributed by atoms with Gasteiger partial charge in [-0.15, -0.1) is 0 Å². The molecule has 4 heterocycles. The van der Waals surface area contributed by atoms with Crippen molar-refractivity contribution >= 4 is 14.7 Å². The lowest BCUT2D eigenvalue weighted by Crippen LogP contribution is -2.61. The normalized spacial score (nSPS) is 34.6. The van der Waals surface area contributed by atoms with Crippen LogP contribution in [0.3, 0.4) is 0 Å². The van der Waals surface area contributed by atoms with Crippen molar-refractivity contribution in [2.45, 2.75) is 51.5 Å². The van der Waals surface area contributed by atoms with Crippen LogP contribution in [0, 0.1) is 0 Å². The highest BCUT2D eigenvalue weighted by atomic mass is 28.4. The Labute approximate surface area is 156 Å². The second-order valence-electron chi connectivity index (χ2n) is 7.28. The Bertz CT molecular complexity index is 567. The lowest BCUT2D eigenvalue weighted by Gasteiger charge is -2.45. The molecule has 1 N–H and O–H groups in total. The highest BCUT2D eigenvalue weighted by molar-refractivity contribution is 6.60. The van der Waals surface area contributed by atoms with Gasteiger partial charge in [0.05, 0.1) is 18.3 Å². The molecular weight excluding hydrogens is 350 g/mol. The van der Waals surface area contributed by atoms with Gasteiger partial charge in [0.25, 0.3) is 5.91 Å². The van der Waals surface area contributed by atoms with Crippen LogP contribution in [-0.2, 0) is 13.3 Å². The maximum Gasteiger partial charge on any atom is 0.501 e. The average molecular weight is 380 g/mol. The van der Waals surface area contributed by atoms with Gasteiger partial charge in [0, 0.05) is 50.2 Å². The fourth-order valence-corrected chi connectivity index (χ4v) is 6.91. The summed E-state index contributed by atoms with van der Waals surface area (Å²) in [6.45, 7) is 9.55. The fourth-order valence-electron chi connectivity index (χ4n) is 3.72. The monoisotopic (exact) mass is 379 g/mol. The molecule has 1 aromatic heterocycles. The summed E-state index contributed by atoms with van der Waals surface area (Å²) >= 11 is 0. The summed E-state index contributed by atoms with van der Waals surface area (Å²) in [6.07, 6.45) is 4.27. The van der Waals surface area contributed by atoms with Gasteiger partial charge in [-0.3, -0.25) is 14.7 Å². The number of nitrogens with zero attached hydrogens (tertiary/aromatic N) is 2. The van der Waals surface area contributed by atoms with Crippen molar-refractivity contribution < 1.29 is 18.1 Å². The third kappa shape index (κ3) is 5.11. The van der Waals surface area contributed by atoms with Gasteiger partial charge in [-0.05, 0) is 39.3 Å². The summed E-state index contributed by atoms with van der Waals surface area (Å²) in [5.74, 6) is -0.0876. The molecule has 1 aromatic rings. The van der Waals surface area contributed by atoms with E-state index in [2.05, 4.69) is 36.0 Å². The van der Waals surface area contributed by atoms with Crippen molar-refractivity contribution in [3.05, 3.63) is 30.1 Å². The predicted octanol–water partition coefficient (Wildman–Crippen LogP) is 1.68. The van der Waals surface area contributed by atoms with E-state index in [1.807, 2.05) is 0 Å². The van der Waals surface area contributed by atoms with Crippen LogP contribution in [0.2, 0.25) is 6.04 Å². The van der Waals surface area contributed by atoms with Gasteiger partial charge in [0.1, 0.15) is 0 Å². The molecule has 1 amide bonds. The highest BCUT2D eigenvalue weighted by Gasteiger charge is 2.48. The van der Waals surface area contributed by atoms with E-state index >= 15 is 0 Å². The first kappa shape index (κ1) is 19.4. The Morgan fingerprint density at radius 2 is 1.65 bits per heavy atom. The largest absolute Gasteiger partial charge is 0.501 e. The smallest absolute Gasteiger partial charge is 0.369 e. The Hall–Kier alpha value is -1.32. The summed E-state index contributed by atoms with van der Waals surface area (Å²) < 4.78 is 18.9. The lowest BCUT2D eigenvalue weighted by molar-refractivity contribution is -0.0790. The van der Waals surface area contributed by atoms with Crippen molar-refractivity contribution in [1.82, 2.24) is 15.2 Å². The van der Waals surface area contributed by atoms with E-state index in [0.29, 0.717) is 18.2 Å². The third-order valence-corrected chi connectivity index (χ3v) is 7.83. The second-order valence-corrected chi connectivity index (χ2v) is 9.86. The van der Waals surface area contributed by atoms with Crippen molar-refractivity contribution in [2.24, 2.45) is 0 Å². The SMILES string of the molecule is CC1CN2CC(C)O[Si](CCCNC(=O)c3ccncc3)(O1)OC(C)C2. The minimum atomic E-state index is -2.76. The number of carbonyl (C=O) groups excluding carboxylic acids is 1. The van der Waals surface area contributed by atoms with Crippen LogP contribution >= 0.6 is 0 Å². The summed E-state index contributed by atoms with van der Waals surface area (Å²) in [4.78, 5) is 18.4. The Balaban J connectivity index is 1.57. The van der Waals surface area contributed by atoms with Crippen LogP contribution in [0.15, 0.2) is 24.5 Å². The maximum absolute atomic E-state index is 12.1. The topological polar surface area (TPSA) is 72.9 Å². The van der Waals surface area contributed by atoms with Crippen molar-refractivity contribution in [3.8, 4) is 0 Å². The molecule has 26 heavy (non-hydrogen) atoms. The minimum absolute atomic E-state index is 0.0876. The van der Waals surface area contributed by atoms with E-state index in [4.69, 9.17) is 13.3 Å². The highest BCUT2D eigenvalue weighted by Crippen LogP contribution is 2.28. The molecule has 3 aliphatic heterocycles. The molecule has 0 saturated carbocycles. The molecule has 0 radical (unpaired) electrons. The van der Waals surface area contributed by atoms with E-state index in [1.54, 1.807) is 24.5 Å². The van der Waals surface area contributed by atoms with Crippen LogP contribution < -0.4 is 5.32 Å². The van der Waals surface area contributed by atoms with Crippen LogP contribution in [0.1, 0.15) is 37.6 Å². The zero-order valence-electron chi connectivity index (χ0n) is 15.8. The van der Waals surface area contributed by atoms with Gasteiger partial charge in [0.2, 0.25) is 0 Å². The molecular formula is C18H29N3O4Si. The molecule has 0 aromatic carbocycles.